The molecule has 0 saturated carbocycles. The number of rotatable bonds is 4. The van der Waals surface area contributed by atoms with Crippen LogP contribution in [0.1, 0.15) is 0 Å². The molecule has 0 saturated heterocycles. The van der Waals surface area contributed by atoms with Crippen LogP contribution < -0.4 is 15.6 Å². The van der Waals surface area contributed by atoms with E-state index in [-0.39, 0.29) is 6.92 Å². The lowest BCUT2D eigenvalue weighted by Gasteiger charge is -2.27. The standard InChI is InChI=1S/C36H24BNO/c1-4-12-25(13-5-1)27-20-21-34-30(22-27)31-23-28(26-14-6-2-7-15-26)24-33-36(31)38(34)35-19-11-10-18-32(35)37(33)39-29-16-8-3-9-17-29/h1-24H. The highest BCUT2D eigenvalue weighted by atomic mass is 16.4. The SMILES string of the molecule is c1ccc(OB2c3ccccc3-n3c4ccc(-c5ccccc5)cc4c4cc(-c5ccccc5)cc2c43)cc1. The third-order valence-corrected chi connectivity index (χ3v) is 7.84. The molecule has 0 atom stereocenters. The van der Waals surface area contributed by atoms with Crippen molar-refractivity contribution in [1.29, 1.82) is 0 Å². The highest BCUT2D eigenvalue weighted by Crippen LogP contribution is 2.38. The van der Waals surface area contributed by atoms with Crippen molar-refractivity contribution in [2.75, 3.05) is 0 Å². The van der Waals surface area contributed by atoms with Gasteiger partial charge in [-0.3, -0.25) is 0 Å². The fraction of sp³-hybridized carbons (Fsp3) is 0. The number of benzene rings is 6. The topological polar surface area (TPSA) is 14.2 Å². The van der Waals surface area contributed by atoms with Gasteiger partial charge in [-0.2, -0.15) is 0 Å². The highest BCUT2D eigenvalue weighted by Gasteiger charge is 2.36. The summed E-state index contributed by atoms with van der Waals surface area (Å²) in [5.41, 5.74) is 10.8. The van der Waals surface area contributed by atoms with Crippen LogP contribution in [0.25, 0.3) is 49.7 Å². The van der Waals surface area contributed by atoms with Crippen molar-refractivity contribution in [2.24, 2.45) is 0 Å². The second kappa shape index (κ2) is 8.78. The molecule has 7 aromatic rings. The number of hydrogen-bond donors (Lipinski definition) is 0. The van der Waals surface area contributed by atoms with E-state index in [0.29, 0.717) is 0 Å². The van der Waals surface area contributed by atoms with E-state index in [1.807, 2.05) is 30.3 Å². The molecule has 8 rings (SSSR count). The van der Waals surface area contributed by atoms with Crippen LogP contribution in [0.4, 0.5) is 0 Å². The van der Waals surface area contributed by atoms with E-state index in [9.17, 15) is 0 Å². The van der Waals surface area contributed by atoms with Gasteiger partial charge < -0.3 is 9.22 Å². The maximum absolute atomic E-state index is 6.80. The molecule has 6 aromatic carbocycles. The van der Waals surface area contributed by atoms with E-state index in [1.54, 1.807) is 0 Å². The van der Waals surface area contributed by atoms with Crippen molar-refractivity contribution in [2.45, 2.75) is 0 Å². The summed E-state index contributed by atoms with van der Waals surface area (Å²) in [6.07, 6.45) is 0. The minimum Gasteiger partial charge on any atom is -0.551 e. The maximum Gasteiger partial charge on any atom is 0.430 e. The van der Waals surface area contributed by atoms with Crippen LogP contribution in [0.2, 0.25) is 0 Å². The first-order valence-corrected chi connectivity index (χ1v) is 13.4. The zero-order valence-corrected chi connectivity index (χ0v) is 21.3. The van der Waals surface area contributed by atoms with Gasteiger partial charge >= 0.3 is 6.92 Å². The molecule has 182 valence electrons. The van der Waals surface area contributed by atoms with Crippen LogP contribution in [-0.2, 0) is 0 Å². The van der Waals surface area contributed by atoms with Gasteiger partial charge in [0.05, 0.1) is 16.8 Å². The third kappa shape index (κ3) is 3.51. The molecular formula is C36H24BNO. The van der Waals surface area contributed by atoms with E-state index < -0.39 is 0 Å². The fourth-order valence-electron chi connectivity index (χ4n) is 6.08. The van der Waals surface area contributed by atoms with Crippen LogP contribution >= 0.6 is 0 Å². The Bertz CT molecular complexity index is 1980. The Hall–Kier alpha value is -5.02. The highest BCUT2D eigenvalue weighted by molar-refractivity contribution is 6.84. The normalized spacial score (nSPS) is 12.1. The molecule has 0 fully saturated rings. The first-order valence-electron chi connectivity index (χ1n) is 13.4. The van der Waals surface area contributed by atoms with Crippen molar-refractivity contribution in [3.05, 3.63) is 146 Å². The third-order valence-electron chi connectivity index (χ3n) is 7.84. The van der Waals surface area contributed by atoms with Gasteiger partial charge in [0.1, 0.15) is 0 Å². The lowest BCUT2D eigenvalue weighted by atomic mass is 9.52. The molecule has 0 aliphatic carbocycles. The van der Waals surface area contributed by atoms with Crippen LogP contribution in [0.15, 0.2) is 146 Å². The summed E-state index contributed by atoms with van der Waals surface area (Å²) in [6, 6.07) is 51.7. The summed E-state index contributed by atoms with van der Waals surface area (Å²) in [5, 5.41) is 2.50. The molecule has 0 N–H and O–H groups in total. The summed E-state index contributed by atoms with van der Waals surface area (Å²) in [7, 11) is 0. The van der Waals surface area contributed by atoms with Crippen LogP contribution in [0, 0.1) is 0 Å². The minimum atomic E-state index is -0.222. The van der Waals surface area contributed by atoms with Gasteiger partial charge in [-0.1, -0.05) is 109 Å². The Labute approximate surface area is 227 Å². The number of fused-ring (bicyclic) bond motifs is 5. The van der Waals surface area contributed by atoms with Crippen molar-refractivity contribution in [1.82, 2.24) is 4.57 Å². The molecule has 39 heavy (non-hydrogen) atoms. The molecule has 0 bridgehead atoms. The molecule has 3 heteroatoms. The molecule has 1 aromatic heterocycles. The molecule has 1 aliphatic rings. The average Bonchev–Trinajstić information content (AvgIpc) is 3.34. The molecule has 1 aliphatic heterocycles. The Morgan fingerprint density at radius 2 is 1.08 bits per heavy atom. The largest absolute Gasteiger partial charge is 0.551 e. The number of nitrogens with zero attached hydrogens (tertiary/aromatic N) is 1. The Balaban J connectivity index is 1.47. The first kappa shape index (κ1) is 22.0. The first-order chi connectivity index (χ1) is 19.3. The molecule has 0 unspecified atom stereocenters. The van der Waals surface area contributed by atoms with E-state index in [1.165, 1.54) is 60.7 Å². The van der Waals surface area contributed by atoms with Gasteiger partial charge in [0.15, 0.2) is 0 Å². The van der Waals surface area contributed by atoms with Crippen LogP contribution in [0.3, 0.4) is 0 Å². The van der Waals surface area contributed by atoms with Gasteiger partial charge in [0.2, 0.25) is 0 Å². The minimum absolute atomic E-state index is 0.222. The van der Waals surface area contributed by atoms with Gasteiger partial charge in [-0.25, -0.2) is 0 Å². The summed E-state index contributed by atoms with van der Waals surface area (Å²) >= 11 is 0. The summed E-state index contributed by atoms with van der Waals surface area (Å²) in [6.45, 7) is -0.222. The van der Waals surface area contributed by atoms with Crippen molar-refractivity contribution in [3.63, 3.8) is 0 Å². The molecule has 2 nitrogen and oxygen atoms in total. The molecule has 2 heterocycles. The van der Waals surface area contributed by atoms with Gasteiger partial charge in [0.25, 0.3) is 0 Å². The number of aromatic nitrogens is 1. The smallest absolute Gasteiger partial charge is 0.430 e. The fourth-order valence-corrected chi connectivity index (χ4v) is 6.08. The maximum atomic E-state index is 6.80. The van der Waals surface area contributed by atoms with E-state index in [0.717, 1.165) is 5.75 Å². The lowest BCUT2D eigenvalue weighted by molar-refractivity contribution is 0.591. The Kier molecular flexibility index (Phi) is 4.96. The Morgan fingerprint density at radius 1 is 0.462 bits per heavy atom. The quantitative estimate of drug-likeness (QED) is 0.228. The van der Waals surface area contributed by atoms with Crippen molar-refractivity contribution >= 4 is 39.6 Å². The molecule has 0 radical (unpaired) electrons. The molecule has 0 amide bonds. The average molecular weight is 497 g/mol. The predicted molar refractivity (Wildman–Crippen MR) is 164 cm³/mol. The van der Waals surface area contributed by atoms with Crippen LogP contribution in [-0.4, -0.2) is 11.5 Å². The summed E-state index contributed by atoms with van der Waals surface area (Å²) < 4.78 is 9.23. The number of hydrogen-bond acceptors (Lipinski definition) is 1. The van der Waals surface area contributed by atoms with Crippen molar-refractivity contribution < 1.29 is 4.65 Å². The summed E-state index contributed by atoms with van der Waals surface area (Å²) in [4.78, 5) is 0. The van der Waals surface area contributed by atoms with Gasteiger partial charge in [0, 0.05) is 16.5 Å². The lowest BCUT2D eigenvalue weighted by Crippen LogP contribution is -2.52. The Morgan fingerprint density at radius 3 is 1.82 bits per heavy atom. The van der Waals surface area contributed by atoms with Gasteiger partial charge in [-0.15, -0.1) is 0 Å². The number of para-hydroxylation sites is 2. The zero-order chi connectivity index (χ0) is 25.8. The van der Waals surface area contributed by atoms with E-state index >= 15 is 0 Å². The van der Waals surface area contributed by atoms with E-state index in [2.05, 4.69) is 120 Å². The van der Waals surface area contributed by atoms with Crippen LogP contribution in [0.5, 0.6) is 5.75 Å². The van der Waals surface area contributed by atoms with Gasteiger partial charge in [-0.05, 0) is 69.6 Å². The second-order valence-corrected chi connectivity index (χ2v) is 10.1. The summed E-state index contributed by atoms with van der Waals surface area (Å²) in [5.74, 6) is 0.867. The zero-order valence-electron chi connectivity index (χ0n) is 21.3. The molecular weight excluding hydrogens is 473 g/mol. The van der Waals surface area contributed by atoms with E-state index in [4.69, 9.17) is 4.65 Å². The second-order valence-electron chi connectivity index (χ2n) is 10.1. The molecule has 0 spiro atoms. The monoisotopic (exact) mass is 497 g/mol. The predicted octanol–water partition coefficient (Wildman–Crippen LogP) is 7.62. The van der Waals surface area contributed by atoms with Crippen molar-refractivity contribution in [3.8, 4) is 33.7 Å².